The van der Waals surface area contributed by atoms with Gasteiger partial charge in [-0.25, -0.2) is 9.18 Å². The standard InChI is InChI=1S/C29H32FNO4/c1-18-9-10-21(15-24(18)29(32)34-4)25-17-22(35-27-8-6-5-7-23(25)27)13-14-31-19(2)20-11-12-26(30)28(16-20)33-3/h5-12,15-16,19,22,25,31H,13-14,17H2,1-4H3/t19-,22+,25+/m1/s1. The molecular formula is C29H32FNO4. The molecule has 1 N–H and O–H groups in total. The highest BCUT2D eigenvalue weighted by atomic mass is 19.1. The average molecular weight is 478 g/mol. The topological polar surface area (TPSA) is 56.8 Å². The van der Waals surface area contributed by atoms with E-state index in [4.69, 9.17) is 14.2 Å². The number of carbonyl (C=O) groups is 1. The van der Waals surface area contributed by atoms with Gasteiger partial charge in [0.15, 0.2) is 11.6 Å². The Morgan fingerprint density at radius 2 is 1.94 bits per heavy atom. The Kier molecular flexibility index (Phi) is 7.71. The van der Waals surface area contributed by atoms with Gasteiger partial charge >= 0.3 is 5.97 Å². The number of aryl methyl sites for hydroxylation is 1. The molecule has 0 bridgehead atoms. The number of benzene rings is 3. The van der Waals surface area contributed by atoms with Crippen molar-refractivity contribution in [3.05, 3.63) is 94.3 Å². The summed E-state index contributed by atoms with van der Waals surface area (Å²) in [7, 11) is 2.88. The van der Waals surface area contributed by atoms with Crippen LogP contribution < -0.4 is 14.8 Å². The molecule has 0 amide bonds. The lowest BCUT2D eigenvalue weighted by atomic mass is 9.82. The summed E-state index contributed by atoms with van der Waals surface area (Å²) in [6.45, 7) is 4.70. The largest absolute Gasteiger partial charge is 0.494 e. The number of carbonyl (C=O) groups excluding carboxylic acids is 1. The Bertz CT molecular complexity index is 1200. The lowest BCUT2D eigenvalue weighted by molar-refractivity contribution is 0.0599. The third kappa shape index (κ3) is 5.49. The van der Waals surface area contributed by atoms with Crippen LogP contribution in [0.2, 0.25) is 0 Å². The Morgan fingerprint density at radius 3 is 2.71 bits per heavy atom. The lowest BCUT2D eigenvalue weighted by Crippen LogP contribution is -2.31. The summed E-state index contributed by atoms with van der Waals surface area (Å²) in [4.78, 5) is 12.3. The monoisotopic (exact) mass is 477 g/mol. The van der Waals surface area contributed by atoms with Crippen molar-refractivity contribution in [1.82, 2.24) is 5.32 Å². The molecule has 3 aromatic rings. The number of halogens is 1. The first-order valence-electron chi connectivity index (χ1n) is 11.9. The van der Waals surface area contributed by atoms with Crippen LogP contribution in [0.3, 0.4) is 0 Å². The van der Waals surface area contributed by atoms with Crippen LogP contribution in [0.4, 0.5) is 4.39 Å². The van der Waals surface area contributed by atoms with E-state index in [0.717, 1.165) is 47.4 Å². The van der Waals surface area contributed by atoms with Gasteiger partial charge in [0, 0.05) is 17.5 Å². The van der Waals surface area contributed by atoms with Crippen molar-refractivity contribution in [2.24, 2.45) is 0 Å². The number of para-hydroxylation sites is 1. The molecule has 0 saturated carbocycles. The fourth-order valence-corrected chi connectivity index (χ4v) is 4.70. The maximum atomic E-state index is 13.8. The number of hydrogen-bond donors (Lipinski definition) is 1. The van der Waals surface area contributed by atoms with Crippen LogP contribution >= 0.6 is 0 Å². The van der Waals surface area contributed by atoms with Gasteiger partial charge in [-0.05, 0) is 74.2 Å². The number of hydrogen-bond acceptors (Lipinski definition) is 5. The molecule has 184 valence electrons. The van der Waals surface area contributed by atoms with Gasteiger partial charge in [-0.1, -0.05) is 36.4 Å². The zero-order chi connectivity index (χ0) is 24.9. The molecule has 5 nitrogen and oxygen atoms in total. The fourth-order valence-electron chi connectivity index (χ4n) is 4.70. The molecule has 0 spiro atoms. The van der Waals surface area contributed by atoms with Crippen molar-refractivity contribution >= 4 is 5.97 Å². The van der Waals surface area contributed by atoms with Gasteiger partial charge < -0.3 is 19.5 Å². The Labute approximate surface area is 206 Å². The van der Waals surface area contributed by atoms with Gasteiger partial charge in [0.2, 0.25) is 0 Å². The van der Waals surface area contributed by atoms with Crippen LogP contribution in [0.1, 0.15) is 64.3 Å². The zero-order valence-electron chi connectivity index (χ0n) is 20.6. The summed E-state index contributed by atoms with van der Waals surface area (Å²) < 4.78 is 30.2. The van der Waals surface area contributed by atoms with E-state index in [1.54, 1.807) is 12.1 Å². The molecule has 1 aliphatic rings. The normalized spacial score (nSPS) is 17.7. The number of methoxy groups -OCH3 is 2. The van der Waals surface area contributed by atoms with E-state index in [2.05, 4.69) is 17.4 Å². The highest BCUT2D eigenvalue weighted by Crippen LogP contribution is 2.41. The first kappa shape index (κ1) is 24.7. The maximum absolute atomic E-state index is 13.8. The Morgan fingerprint density at radius 1 is 1.14 bits per heavy atom. The van der Waals surface area contributed by atoms with Crippen molar-refractivity contribution < 1.29 is 23.4 Å². The van der Waals surface area contributed by atoms with E-state index in [9.17, 15) is 9.18 Å². The van der Waals surface area contributed by atoms with Gasteiger partial charge in [0.05, 0.1) is 19.8 Å². The SMILES string of the molecule is COC(=O)c1cc([C@@H]2C[C@H](CCN[C@H](C)c3ccc(F)c(OC)c3)Oc3ccccc32)ccc1C. The van der Waals surface area contributed by atoms with Crippen LogP contribution in [0.15, 0.2) is 60.7 Å². The van der Waals surface area contributed by atoms with Crippen molar-refractivity contribution in [3.8, 4) is 11.5 Å². The molecule has 6 heteroatoms. The highest BCUT2D eigenvalue weighted by Gasteiger charge is 2.30. The summed E-state index contributed by atoms with van der Waals surface area (Å²) in [5.74, 6) is 0.556. The first-order chi connectivity index (χ1) is 16.9. The number of rotatable bonds is 8. The summed E-state index contributed by atoms with van der Waals surface area (Å²) in [6, 6.07) is 19.1. The molecule has 3 aromatic carbocycles. The molecule has 1 heterocycles. The molecule has 0 aliphatic carbocycles. The van der Waals surface area contributed by atoms with Crippen molar-refractivity contribution in [2.75, 3.05) is 20.8 Å². The summed E-state index contributed by atoms with van der Waals surface area (Å²) in [5.41, 5.74) is 4.66. The van der Waals surface area contributed by atoms with Crippen molar-refractivity contribution in [3.63, 3.8) is 0 Å². The minimum Gasteiger partial charge on any atom is -0.494 e. The van der Waals surface area contributed by atoms with E-state index in [-0.39, 0.29) is 35.6 Å². The zero-order valence-corrected chi connectivity index (χ0v) is 20.6. The van der Waals surface area contributed by atoms with Crippen LogP contribution in [0.5, 0.6) is 11.5 Å². The lowest BCUT2D eigenvalue weighted by Gasteiger charge is -2.33. The van der Waals surface area contributed by atoms with E-state index in [1.165, 1.54) is 20.3 Å². The highest BCUT2D eigenvalue weighted by molar-refractivity contribution is 5.91. The smallest absolute Gasteiger partial charge is 0.338 e. The molecule has 0 fully saturated rings. The second-order valence-electron chi connectivity index (χ2n) is 8.99. The van der Waals surface area contributed by atoms with Gasteiger partial charge in [0.25, 0.3) is 0 Å². The summed E-state index contributed by atoms with van der Waals surface area (Å²) in [5, 5.41) is 3.52. The second-order valence-corrected chi connectivity index (χ2v) is 8.99. The summed E-state index contributed by atoms with van der Waals surface area (Å²) in [6.07, 6.45) is 1.63. The second kappa shape index (κ2) is 10.9. The fraction of sp³-hybridized carbons (Fsp3) is 0.345. The maximum Gasteiger partial charge on any atom is 0.338 e. The van der Waals surface area contributed by atoms with Crippen LogP contribution in [-0.2, 0) is 4.74 Å². The van der Waals surface area contributed by atoms with Crippen molar-refractivity contribution in [1.29, 1.82) is 0 Å². The molecule has 1 aliphatic heterocycles. The average Bonchev–Trinajstić information content (AvgIpc) is 2.88. The quantitative estimate of drug-likeness (QED) is 0.406. The van der Waals surface area contributed by atoms with Crippen LogP contribution in [0, 0.1) is 12.7 Å². The molecule has 0 radical (unpaired) electrons. The van der Waals surface area contributed by atoms with Gasteiger partial charge in [-0.15, -0.1) is 0 Å². The van der Waals surface area contributed by atoms with Crippen LogP contribution in [0.25, 0.3) is 0 Å². The minimum absolute atomic E-state index is 0.0141. The molecule has 0 aromatic heterocycles. The van der Waals surface area contributed by atoms with E-state index in [1.807, 2.05) is 44.2 Å². The Balaban J connectivity index is 1.48. The van der Waals surface area contributed by atoms with E-state index in [0.29, 0.717) is 5.56 Å². The number of fused-ring (bicyclic) bond motifs is 1. The van der Waals surface area contributed by atoms with Gasteiger partial charge in [-0.2, -0.15) is 0 Å². The third-order valence-electron chi connectivity index (χ3n) is 6.75. The number of esters is 1. The van der Waals surface area contributed by atoms with Gasteiger partial charge in [0.1, 0.15) is 11.9 Å². The minimum atomic E-state index is -0.366. The molecule has 0 saturated heterocycles. The van der Waals surface area contributed by atoms with Crippen molar-refractivity contribution in [2.45, 2.75) is 44.8 Å². The predicted octanol–water partition coefficient (Wildman–Crippen LogP) is 5.95. The Hall–Kier alpha value is -3.38. The molecule has 35 heavy (non-hydrogen) atoms. The number of nitrogens with one attached hydrogen (secondary N) is 1. The van der Waals surface area contributed by atoms with E-state index < -0.39 is 0 Å². The van der Waals surface area contributed by atoms with Crippen LogP contribution in [-0.4, -0.2) is 32.8 Å². The van der Waals surface area contributed by atoms with Gasteiger partial charge in [-0.3, -0.25) is 0 Å². The third-order valence-corrected chi connectivity index (χ3v) is 6.75. The van der Waals surface area contributed by atoms with E-state index >= 15 is 0 Å². The molecule has 4 rings (SSSR count). The summed E-state index contributed by atoms with van der Waals surface area (Å²) >= 11 is 0. The first-order valence-corrected chi connectivity index (χ1v) is 11.9. The molecular weight excluding hydrogens is 445 g/mol. The predicted molar refractivity (Wildman–Crippen MR) is 134 cm³/mol. The molecule has 0 unspecified atom stereocenters. The number of ether oxygens (including phenoxy) is 3. The molecule has 3 atom stereocenters.